The van der Waals surface area contributed by atoms with E-state index in [-0.39, 0.29) is 5.91 Å². The lowest BCUT2D eigenvalue weighted by atomic mass is 10.0. The maximum atomic E-state index is 13.4. The van der Waals surface area contributed by atoms with Gasteiger partial charge in [-0.1, -0.05) is 6.92 Å². The van der Waals surface area contributed by atoms with Gasteiger partial charge in [-0.3, -0.25) is 4.79 Å². The minimum Gasteiger partial charge on any atom is -0.493 e. The Morgan fingerprint density at radius 3 is 2.32 bits per heavy atom. The average Bonchev–Trinajstić information content (AvgIpc) is 3.53. The summed E-state index contributed by atoms with van der Waals surface area (Å²) in [5, 5.41) is 1.11. The van der Waals surface area contributed by atoms with Crippen molar-refractivity contribution in [3.05, 3.63) is 47.5 Å². The van der Waals surface area contributed by atoms with E-state index in [1.807, 2.05) is 30.3 Å². The predicted octanol–water partition coefficient (Wildman–Crippen LogP) is 4.83. The summed E-state index contributed by atoms with van der Waals surface area (Å²) in [4.78, 5) is 21.6. The van der Waals surface area contributed by atoms with Crippen LogP contribution in [0.1, 0.15) is 36.7 Å². The van der Waals surface area contributed by atoms with Crippen molar-refractivity contribution in [2.24, 2.45) is 11.8 Å². The first-order valence-electron chi connectivity index (χ1n) is 12.3. The van der Waals surface area contributed by atoms with Crippen LogP contribution in [0.2, 0.25) is 0 Å². The molecular weight excluding hydrogens is 426 g/mol. The molecule has 5 rings (SSSR count). The maximum absolute atomic E-state index is 13.4. The SMILES string of the molecule is CCc1c(-c2ccc(OC)c(OC)c2)[nH]c2ccc(C(=O)N3CC4CN(C(C)C)CC4C3)cc12. The summed E-state index contributed by atoms with van der Waals surface area (Å²) >= 11 is 0. The summed E-state index contributed by atoms with van der Waals surface area (Å²) in [5.74, 6) is 2.77. The van der Waals surface area contributed by atoms with Crippen molar-refractivity contribution in [2.75, 3.05) is 40.4 Å². The molecule has 2 aliphatic heterocycles. The topological polar surface area (TPSA) is 57.8 Å². The Bertz CT molecular complexity index is 1200. The Kier molecular flexibility index (Phi) is 6.02. The summed E-state index contributed by atoms with van der Waals surface area (Å²) in [6.07, 6.45) is 0.861. The molecule has 2 aromatic carbocycles. The Morgan fingerprint density at radius 2 is 1.71 bits per heavy atom. The van der Waals surface area contributed by atoms with E-state index in [0.29, 0.717) is 29.4 Å². The van der Waals surface area contributed by atoms with Crippen molar-refractivity contribution in [1.29, 1.82) is 0 Å². The Morgan fingerprint density at radius 1 is 1.00 bits per heavy atom. The molecule has 3 heterocycles. The number of nitrogens with one attached hydrogen (secondary N) is 1. The molecule has 180 valence electrons. The Labute approximate surface area is 201 Å². The van der Waals surface area contributed by atoms with Crippen LogP contribution in [0.3, 0.4) is 0 Å². The summed E-state index contributed by atoms with van der Waals surface area (Å²) in [5.41, 5.74) is 5.14. The zero-order valence-electron chi connectivity index (χ0n) is 20.9. The molecule has 34 heavy (non-hydrogen) atoms. The molecule has 1 amide bonds. The number of hydrogen-bond donors (Lipinski definition) is 1. The molecule has 6 nitrogen and oxygen atoms in total. The minimum absolute atomic E-state index is 0.156. The van der Waals surface area contributed by atoms with Gasteiger partial charge in [0.15, 0.2) is 11.5 Å². The third kappa shape index (κ3) is 3.84. The van der Waals surface area contributed by atoms with Crippen LogP contribution in [-0.4, -0.2) is 67.1 Å². The van der Waals surface area contributed by atoms with Gasteiger partial charge in [-0.15, -0.1) is 0 Å². The van der Waals surface area contributed by atoms with Gasteiger partial charge in [0.1, 0.15) is 0 Å². The lowest BCUT2D eigenvalue weighted by molar-refractivity contribution is 0.0771. The zero-order valence-corrected chi connectivity index (χ0v) is 20.9. The van der Waals surface area contributed by atoms with Gasteiger partial charge in [-0.05, 0) is 74.1 Å². The highest BCUT2D eigenvalue weighted by molar-refractivity contribution is 6.00. The van der Waals surface area contributed by atoms with Crippen LogP contribution in [0.25, 0.3) is 22.2 Å². The van der Waals surface area contributed by atoms with Crippen LogP contribution in [-0.2, 0) is 6.42 Å². The van der Waals surface area contributed by atoms with Gasteiger partial charge in [0.2, 0.25) is 0 Å². The molecule has 2 fully saturated rings. The first-order valence-corrected chi connectivity index (χ1v) is 12.3. The minimum atomic E-state index is 0.156. The van der Waals surface area contributed by atoms with Crippen LogP contribution in [0.5, 0.6) is 11.5 Å². The summed E-state index contributed by atoms with van der Waals surface area (Å²) < 4.78 is 10.9. The molecule has 0 radical (unpaired) electrons. The van der Waals surface area contributed by atoms with E-state index in [2.05, 4.69) is 41.6 Å². The number of carbonyl (C=O) groups excluding carboxylic acids is 1. The van der Waals surface area contributed by atoms with Crippen molar-refractivity contribution in [2.45, 2.75) is 33.2 Å². The molecular formula is C28H35N3O3. The van der Waals surface area contributed by atoms with E-state index < -0.39 is 0 Å². The van der Waals surface area contributed by atoms with E-state index in [9.17, 15) is 4.79 Å². The number of likely N-dealkylation sites (tertiary alicyclic amines) is 2. The van der Waals surface area contributed by atoms with Crippen LogP contribution in [0.15, 0.2) is 36.4 Å². The first kappa shape index (κ1) is 22.8. The number of benzene rings is 2. The fourth-order valence-corrected chi connectivity index (χ4v) is 5.79. The Hall–Kier alpha value is -2.99. The van der Waals surface area contributed by atoms with Crippen molar-refractivity contribution in [3.63, 3.8) is 0 Å². The number of carbonyl (C=O) groups is 1. The van der Waals surface area contributed by atoms with E-state index in [1.54, 1.807) is 14.2 Å². The summed E-state index contributed by atoms with van der Waals surface area (Å²) in [6, 6.07) is 12.6. The fraction of sp³-hybridized carbons (Fsp3) is 0.464. The van der Waals surface area contributed by atoms with Gasteiger partial charge in [0.25, 0.3) is 5.91 Å². The number of nitrogens with zero attached hydrogens (tertiary/aromatic N) is 2. The number of fused-ring (bicyclic) bond motifs is 2. The number of aromatic amines is 1. The molecule has 6 heteroatoms. The number of hydrogen-bond acceptors (Lipinski definition) is 4. The number of methoxy groups -OCH3 is 2. The molecule has 0 spiro atoms. The molecule has 1 N–H and O–H groups in total. The third-order valence-corrected chi connectivity index (χ3v) is 7.71. The predicted molar refractivity (Wildman–Crippen MR) is 136 cm³/mol. The normalized spacial score (nSPS) is 20.4. The van der Waals surface area contributed by atoms with Crippen molar-refractivity contribution in [1.82, 2.24) is 14.8 Å². The molecule has 3 aromatic rings. The van der Waals surface area contributed by atoms with Crippen LogP contribution in [0, 0.1) is 11.8 Å². The quantitative estimate of drug-likeness (QED) is 0.571. The molecule has 2 aliphatic rings. The van der Waals surface area contributed by atoms with E-state index >= 15 is 0 Å². The molecule has 1 aromatic heterocycles. The standard InChI is InChI=1S/C28H35N3O3/c1-6-22-23-11-19(28(32)31-15-20-13-30(17(2)3)14-21(20)16-31)7-9-24(23)29-27(22)18-8-10-25(33-4)26(12-18)34-5/h7-12,17,20-21,29H,6,13-16H2,1-5H3. The first-order chi connectivity index (χ1) is 16.4. The summed E-state index contributed by atoms with van der Waals surface area (Å²) in [7, 11) is 3.29. The van der Waals surface area contributed by atoms with E-state index in [1.165, 1.54) is 5.56 Å². The maximum Gasteiger partial charge on any atom is 0.253 e. The zero-order chi connectivity index (χ0) is 24.0. The van der Waals surface area contributed by atoms with Gasteiger partial charge in [-0.2, -0.15) is 0 Å². The molecule has 2 atom stereocenters. The van der Waals surface area contributed by atoms with Crippen molar-refractivity contribution in [3.8, 4) is 22.8 Å². The highest BCUT2D eigenvalue weighted by Gasteiger charge is 2.42. The number of H-pyrrole nitrogens is 1. The monoisotopic (exact) mass is 461 g/mol. The second-order valence-corrected chi connectivity index (χ2v) is 9.94. The number of aromatic nitrogens is 1. The second kappa shape index (κ2) is 8.99. The van der Waals surface area contributed by atoms with Gasteiger partial charge in [0, 0.05) is 59.9 Å². The average molecular weight is 462 g/mol. The van der Waals surface area contributed by atoms with E-state index in [4.69, 9.17) is 9.47 Å². The lowest BCUT2D eigenvalue weighted by Gasteiger charge is -2.24. The smallest absolute Gasteiger partial charge is 0.253 e. The summed E-state index contributed by atoms with van der Waals surface area (Å²) in [6.45, 7) is 10.6. The number of amides is 1. The second-order valence-electron chi connectivity index (χ2n) is 9.94. The molecule has 0 saturated carbocycles. The number of aryl methyl sites for hydroxylation is 1. The van der Waals surface area contributed by atoms with Gasteiger partial charge in [0.05, 0.1) is 14.2 Å². The fourth-order valence-electron chi connectivity index (χ4n) is 5.79. The lowest BCUT2D eigenvalue weighted by Crippen LogP contribution is -2.35. The molecule has 2 saturated heterocycles. The van der Waals surface area contributed by atoms with Gasteiger partial charge < -0.3 is 24.3 Å². The number of ether oxygens (including phenoxy) is 2. The van der Waals surface area contributed by atoms with Crippen LogP contribution >= 0.6 is 0 Å². The van der Waals surface area contributed by atoms with E-state index in [0.717, 1.165) is 60.3 Å². The molecule has 0 aliphatic carbocycles. The third-order valence-electron chi connectivity index (χ3n) is 7.71. The van der Waals surface area contributed by atoms with Crippen molar-refractivity contribution >= 4 is 16.8 Å². The molecule has 0 bridgehead atoms. The van der Waals surface area contributed by atoms with Crippen molar-refractivity contribution < 1.29 is 14.3 Å². The highest BCUT2D eigenvalue weighted by atomic mass is 16.5. The van der Waals surface area contributed by atoms with Crippen LogP contribution in [0.4, 0.5) is 0 Å². The number of rotatable bonds is 6. The van der Waals surface area contributed by atoms with Gasteiger partial charge >= 0.3 is 0 Å². The largest absolute Gasteiger partial charge is 0.493 e. The Balaban J connectivity index is 1.43. The molecule has 2 unspecified atom stereocenters. The highest BCUT2D eigenvalue weighted by Crippen LogP contribution is 2.37. The van der Waals surface area contributed by atoms with Gasteiger partial charge in [-0.25, -0.2) is 0 Å². The van der Waals surface area contributed by atoms with Crippen LogP contribution < -0.4 is 9.47 Å².